The molecule has 8 heteroatoms. The van der Waals surface area contributed by atoms with Crippen molar-refractivity contribution in [3.8, 4) is 0 Å². The number of halogens is 2. The zero-order chi connectivity index (χ0) is 14.4. The van der Waals surface area contributed by atoms with E-state index in [4.69, 9.17) is 4.74 Å². The third-order valence-electron chi connectivity index (χ3n) is 2.76. The van der Waals surface area contributed by atoms with Gasteiger partial charge in [-0.1, -0.05) is 0 Å². The van der Waals surface area contributed by atoms with E-state index in [1.54, 1.807) is 18.0 Å². The number of alkyl halides is 2. The van der Waals surface area contributed by atoms with Gasteiger partial charge in [0.2, 0.25) is 0 Å². The fourth-order valence-corrected chi connectivity index (χ4v) is 1.78. The highest BCUT2D eigenvalue weighted by molar-refractivity contribution is 5.00. The van der Waals surface area contributed by atoms with Crippen molar-refractivity contribution in [2.75, 3.05) is 20.3 Å². The van der Waals surface area contributed by atoms with Crippen molar-refractivity contribution in [3.63, 3.8) is 0 Å². The molecule has 0 radical (unpaired) electrons. The summed E-state index contributed by atoms with van der Waals surface area (Å²) in [5.41, 5.74) is 0.844. The Kier molecular flexibility index (Phi) is 5.19. The number of hydrogen-bond acceptors (Lipinski definition) is 4. The third kappa shape index (κ3) is 3.84. The average molecular weight is 285 g/mol. The van der Waals surface area contributed by atoms with Crippen molar-refractivity contribution >= 4 is 0 Å². The topological polar surface area (TPSA) is 56.9 Å². The number of nitrogens with one attached hydrogen (secondary N) is 1. The molecule has 0 atom stereocenters. The van der Waals surface area contributed by atoms with Crippen molar-refractivity contribution < 1.29 is 13.5 Å². The molecule has 0 amide bonds. The molecule has 110 valence electrons. The first-order chi connectivity index (χ1) is 9.70. The first kappa shape index (κ1) is 14.6. The van der Waals surface area contributed by atoms with Gasteiger partial charge in [0.15, 0.2) is 0 Å². The zero-order valence-electron chi connectivity index (χ0n) is 11.2. The molecule has 0 saturated carbocycles. The van der Waals surface area contributed by atoms with E-state index in [2.05, 4.69) is 15.3 Å². The van der Waals surface area contributed by atoms with Crippen LogP contribution in [-0.4, -0.2) is 39.4 Å². The predicted molar refractivity (Wildman–Crippen MR) is 68.4 cm³/mol. The summed E-state index contributed by atoms with van der Waals surface area (Å²) in [4.78, 5) is 8.13. The van der Waals surface area contributed by atoms with Crippen LogP contribution in [0.25, 0.3) is 0 Å². The van der Waals surface area contributed by atoms with Crippen LogP contribution in [0.3, 0.4) is 0 Å². The summed E-state index contributed by atoms with van der Waals surface area (Å²) in [6, 6.07) is 0. The molecule has 2 heterocycles. The van der Waals surface area contributed by atoms with Crippen LogP contribution in [0.4, 0.5) is 8.78 Å². The van der Waals surface area contributed by atoms with E-state index in [1.165, 1.54) is 12.4 Å². The van der Waals surface area contributed by atoms with Crippen molar-refractivity contribution in [1.82, 2.24) is 24.4 Å². The van der Waals surface area contributed by atoms with Crippen molar-refractivity contribution in [2.24, 2.45) is 0 Å². The third-order valence-corrected chi connectivity index (χ3v) is 2.76. The second kappa shape index (κ2) is 7.11. The van der Waals surface area contributed by atoms with Gasteiger partial charge in [0.1, 0.15) is 5.82 Å². The summed E-state index contributed by atoms with van der Waals surface area (Å²) in [5, 5.41) is 3.16. The number of nitrogens with zero attached hydrogens (tertiary/aromatic N) is 4. The lowest BCUT2D eigenvalue weighted by Gasteiger charge is -2.06. The Morgan fingerprint density at radius 3 is 3.00 bits per heavy atom. The molecule has 0 aliphatic rings. The maximum absolute atomic E-state index is 12.7. The fourth-order valence-electron chi connectivity index (χ4n) is 1.78. The first-order valence-electron chi connectivity index (χ1n) is 6.21. The number of imidazole rings is 2. The van der Waals surface area contributed by atoms with Gasteiger partial charge in [-0.05, 0) is 0 Å². The van der Waals surface area contributed by atoms with Gasteiger partial charge in [-0.15, -0.1) is 0 Å². The highest BCUT2D eigenvalue weighted by Gasteiger charge is 2.11. The molecule has 0 spiro atoms. The number of aromatic nitrogens is 4. The Bertz CT molecular complexity index is 525. The second-order valence-corrected chi connectivity index (χ2v) is 4.24. The van der Waals surface area contributed by atoms with E-state index in [1.807, 2.05) is 6.20 Å². The van der Waals surface area contributed by atoms with Crippen LogP contribution in [-0.2, 0) is 17.8 Å². The maximum Gasteiger partial charge on any atom is 0.319 e. The number of ether oxygens (including phenoxy) is 1. The molecule has 1 N–H and O–H groups in total. The highest BCUT2D eigenvalue weighted by Crippen LogP contribution is 2.13. The highest BCUT2D eigenvalue weighted by atomic mass is 19.3. The Labute approximate surface area is 115 Å². The van der Waals surface area contributed by atoms with Crippen LogP contribution in [0.5, 0.6) is 0 Å². The summed E-state index contributed by atoms with van der Waals surface area (Å²) in [5.74, 6) is 0.302. The van der Waals surface area contributed by atoms with E-state index < -0.39 is 6.55 Å². The van der Waals surface area contributed by atoms with Crippen molar-refractivity contribution in [2.45, 2.75) is 19.6 Å². The molecule has 0 aliphatic heterocycles. The summed E-state index contributed by atoms with van der Waals surface area (Å²) in [6.07, 6.45) is 6.05. The van der Waals surface area contributed by atoms with Crippen LogP contribution < -0.4 is 5.32 Å². The van der Waals surface area contributed by atoms with E-state index >= 15 is 0 Å². The molecule has 2 aromatic rings. The monoisotopic (exact) mass is 285 g/mol. The van der Waals surface area contributed by atoms with Crippen LogP contribution in [0, 0.1) is 0 Å². The average Bonchev–Trinajstić information content (AvgIpc) is 3.04. The van der Waals surface area contributed by atoms with Gasteiger partial charge >= 0.3 is 6.55 Å². The van der Waals surface area contributed by atoms with E-state index in [0.717, 1.165) is 16.8 Å². The number of rotatable bonds is 8. The number of methoxy groups -OCH3 is 1. The fraction of sp³-hybridized carbons (Fsp3) is 0.500. The normalized spacial score (nSPS) is 11.4. The van der Waals surface area contributed by atoms with E-state index in [9.17, 15) is 8.78 Å². The predicted octanol–water partition coefficient (Wildman–Crippen LogP) is 1.26. The van der Waals surface area contributed by atoms with Crippen LogP contribution >= 0.6 is 0 Å². The molecular weight excluding hydrogens is 268 g/mol. The lowest BCUT2D eigenvalue weighted by atomic mass is 10.4. The smallest absolute Gasteiger partial charge is 0.319 e. The van der Waals surface area contributed by atoms with Gasteiger partial charge in [-0.25, -0.2) is 9.97 Å². The molecule has 2 aromatic heterocycles. The van der Waals surface area contributed by atoms with Crippen molar-refractivity contribution in [3.05, 3.63) is 36.4 Å². The van der Waals surface area contributed by atoms with Crippen LogP contribution in [0.15, 0.2) is 24.9 Å². The van der Waals surface area contributed by atoms with Crippen LogP contribution in [0.2, 0.25) is 0 Å². The molecule has 2 rings (SSSR count). The summed E-state index contributed by atoms with van der Waals surface area (Å²) in [6.45, 7) is -0.334. The van der Waals surface area contributed by atoms with Gasteiger partial charge in [-0.2, -0.15) is 8.78 Å². The molecule has 0 aromatic carbocycles. The van der Waals surface area contributed by atoms with Gasteiger partial charge in [0.05, 0.1) is 25.2 Å². The molecule has 0 unspecified atom stereocenters. The minimum absolute atomic E-state index is 0.266. The summed E-state index contributed by atoms with van der Waals surface area (Å²) in [7, 11) is 1.64. The lowest BCUT2D eigenvalue weighted by molar-refractivity contribution is 0.0667. The quantitative estimate of drug-likeness (QED) is 0.742. The standard InChI is InChI=1S/C12H17F2N5O/c1-20-5-3-15-6-10-7-18(9-17-10)8-11-16-2-4-19(11)12(13)14/h2,4,7,9,12,15H,3,5-6,8H2,1H3. The zero-order valence-corrected chi connectivity index (χ0v) is 11.2. The lowest BCUT2D eigenvalue weighted by Crippen LogP contribution is -2.18. The van der Waals surface area contributed by atoms with Crippen molar-refractivity contribution in [1.29, 1.82) is 0 Å². The van der Waals surface area contributed by atoms with E-state index in [-0.39, 0.29) is 6.54 Å². The second-order valence-electron chi connectivity index (χ2n) is 4.24. The SMILES string of the molecule is COCCNCc1cn(Cc2nccn2C(F)F)cn1. The molecule has 0 fully saturated rings. The van der Waals surface area contributed by atoms with Gasteiger partial charge < -0.3 is 14.6 Å². The van der Waals surface area contributed by atoms with Gasteiger partial charge in [-0.3, -0.25) is 4.57 Å². The molecule has 6 nitrogen and oxygen atoms in total. The first-order valence-corrected chi connectivity index (χ1v) is 6.21. The Hall–Kier alpha value is -1.80. The minimum Gasteiger partial charge on any atom is -0.383 e. The van der Waals surface area contributed by atoms with Gasteiger partial charge in [0, 0.05) is 38.8 Å². The Morgan fingerprint density at radius 1 is 1.40 bits per heavy atom. The number of hydrogen-bond donors (Lipinski definition) is 1. The molecule has 20 heavy (non-hydrogen) atoms. The molecule has 0 saturated heterocycles. The molecule has 0 aliphatic carbocycles. The summed E-state index contributed by atoms with van der Waals surface area (Å²) < 4.78 is 32.9. The molecular formula is C12H17F2N5O. The van der Waals surface area contributed by atoms with E-state index in [0.29, 0.717) is 19.0 Å². The molecule has 0 bridgehead atoms. The maximum atomic E-state index is 12.7. The van der Waals surface area contributed by atoms with Crippen LogP contribution in [0.1, 0.15) is 18.1 Å². The van der Waals surface area contributed by atoms with Gasteiger partial charge in [0.25, 0.3) is 0 Å². The minimum atomic E-state index is -2.58. The Morgan fingerprint density at radius 2 is 2.25 bits per heavy atom. The summed E-state index contributed by atoms with van der Waals surface area (Å²) >= 11 is 0. The largest absolute Gasteiger partial charge is 0.383 e. The Balaban J connectivity index is 1.90.